The molecule has 168 valence electrons. The van der Waals surface area contributed by atoms with Gasteiger partial charge in [0.15, 0.2) is 0 Å². The number of morpholine rings is 1. The van der Waals surface area contributed by atoms with E-state index in [9.17, 15) is 4.79 Å². The Morgan fingerprint density at radius 3 is 2.97 bits per heavy atom. The number of nitrogens with zero attached hydrogens (tertiary/aromatic N) is 3. The molecule has 0 radical (unpaired) electrons. The summed E-state index contributed by atoms with van der Waals surface area (Å²) in [6, 6.07) is 7.79. The molecule has 3 rings (SSSR count). The van der Waals surface area contributed by atoms with Gasteiger partial charge in [0.05, 0.1) is 37.1 Å². The van der Waals surface area contributed by atoms with Crippen molar-refractivity contribution in [1.29, 1.82) is 0 Å². The van der Waals surface area contributed by atoms with E-state index in [0.29, 0.717) is 24.0 Å². The number of carbonyl (C=O) groups excluding carboxylic acids is 1. The van der Waals surface area contributed by atoms with E-state index in [2.05, 4.69) is 34.3 Å². The lowest BCUT2D eigenvalue weighted by atomic mass is 10.2. The van der Waals surface area contributed by atoms with E-state index < -0.39 is 0 Å². The third-order valence-corrected chi connectivity index (χ3v) is 5.38. The summed E-state index contributed by atoms with van der Waals surface area (Å²) in [5.74, 6) is 0.529. The molecule has 9 heteroatoms. The van der Waals surface area contributed by atoms with E-state index in [0.717, 1.165) is 30.9 Å². The summed E-state index contributed by atoms with van der Waals surface area (Å²) in [5, 5.41) is 6.67. The van der Waals surface area contributed by atoms with Gasteiger partial charge in [-0.2, -0.15) is 5.10 Å². The standard InChI is InChI=1S/C22H30N4O4S/c1-4-28-21(27)11-19-15-31-22(24-19)25-23-12-18-6-5-7-20(10-18)29-9-8-26-13-16(2)30-17(3)14-26/h5-7,10,12,15-17H,4,8-9,11,13-14H2,1-3H3,(H,24,25). The highest BCUT2D eigenvalue weighted by Gasteiger charge is 2.21. The molecule has 2 aromatic rings. The third kappa shape index (κ3) is 7.93. The Balaban J connectivity index is 1.44. The van der Waals surface area contributed by atoms with E-state index in [-0.39, 0.29) is 24.6 Å². The van der Waals surface area contributed by atoms with Gasteiger partial charge >= 0.3 is 5.97 Å². The Bertz CT molecular complexity index is 863. The molecule has 2 unspecified atom stereocenters. The first-order chi connectivity index (χ1) is 15.0. The van der Waals surface area contributed by atoms with Gasteiger partial charge in [0.2, 0.25) is 5.13 Å². The highest BCUT2D eigenvalue weighted by molar-refractivity contribution is 7.13. The first-order valence-corrected chi connectivity index (χ1v) is 11.4. The molecule has 1 fully saturated rings. The number of carbonyl (C=O) groups is 1. The van der Waals surface area contributed by atoms with Crippen molar-refractivity contribution in [3.05, 3.63) is 40.9 Å². The van der Waals surface area contributed by atoms with E-state index in [1.54, 1.807) is 13.1 Å². The number of hydrazone groups is 1. The van der Waals surface area contributed by atoms with E-state index in [4.69, 9.17) is 14.2 Å². The quantitative estimate of drug-likeness (QED) is 0.341. The molecule has 2 heterocycles. The van der Waals surface area contributed by atoms with Gasteiger partial charge in [0.25, 0.3) is 0 Å². The van der Waals surface area contributed by atoms with Gasteiger partial charge in [-0.3, -0.25) is 15.1 Å². The average Bonchev–Trinajstić information content (AvgIpc) is 3.15. The van der Waals surface area contributed by atoms with Crippen LogP contribution in [0.15, 0.2) is 34.7 Å². The summed E-state index contributed by atoms with van der Waals surface area (Å²) in [7, 11) is 0. The molecule has 31 heavy (non-hydrogen) atoms. The first-order valence-electron chi connectivity index (χ1n) is 10.5. The summed E-state index contributed by atoms with van der Waals surface area (Å²) in [4.78, 5) is 18.2. The minimum absolute atomic E-state index is 0.164. The lowest BCUT2D eigenvalue weighted by Gasteiger charge is -2.35. The summed E-state index contributed by atoms with van der Waals surface area (Å²) in [6.45, 7) is 9.73. The normalized spacial score (nSPS) is 19.5. The summed E-state index contributed by atoms with van der Waals surface area (Å²) in [6.07, 6.45) is 2.40. The van der Waals surface area contributed by atoms with Crippen LogP contribution in [0.25, 0.3) is 0 Å². The second-order valence-electron chi connectivity index (χ2n) is 7.43. The van der Waals surface area contributed by atoms with Crippen molar-refractivity contribution >= 4 is 28.7 Å². The molecule has 1 aromatic carbocycles. The topological polar surface area (TPSA) is 85.3 Å². The van der Waals surface area contributed by atoms with Gasteiger partial charge in [-0.15, -0.1) is 11.3 Å². The predicted octanol–water partition coefficient (Wildman–Crippen LogP) is 3.18. The van der Waals surface area contributed by atoms with Crippen molar-refractivity contribution in [1.82, 2.24) is 9.88 Å². The van der Waals surface area contributed by atoms with Crippen LogP contribution in [0.4, 0.5) is 5.13 Å². The van der Waals surface area contributed by atoms with E-state index >= 15 is 0 Å². The number of nitrogens with one attached hydrogen (secondary N) is 1. The Hall–Kier alpha value is -2.49. The van der Waals surface area contributed by atoms with Crippen LogP contribution in [0.3, 0.4) is 0 Å². The average molecular weight is 447 g/mol. The molecule has 0 bridgehead atoms. The highest BCUT2D eigenvalue weighted by atomic mass is 32.1. The van der Waals surface area contributed by atoms with E-state index in [1.165, 1.54) is 11.3 Å². The van der Waals surface area contributed by atoms with Crippen LogP contribution >= 0.6 is 11.3 Å². The SMILES string of the molecule is CCOC(=O)Cc1csc(NN=Cc2cccc(OCCN3CC(C)OC(C)C3)c2)n1. The maximum absolute atomic E-state index is 11.5. The first kappa shape index (κ1) is 23.2. The lowest BCUT2D eigenvalue weighted by Crippen LogP contribution is -2.46. The number of esters is 1. The Morgan fingerprint density at radius 1 is 1.39 bits per heavy atom. The van der Waals surface area contributed by atoms with Gasteiger partial charge in [0, 0.05) is 25.0 Å². The van der Waals surface area contributed by atoms with Crippen LogP contribution in [0.5, 0.6) is 5.75 Å². The molecule has 1 aliphatic heterocycles. The third-order valence-electron chi connectivity index (χ3n) is 4.59. The summed E-state index contributed by atoms with van der Waals surface area (Å²) < 4.78 is 16.6. The minimum Gasteiger partial charge on any atom is -0.492 e. The number of hydrogen-bond donors (Lipinski definition) is 1. The van der Waals surface area contributed by atoms with Gasteiger partial charge in [-0.25, -0.2) is 4.98 Å². The van der Waals surface area contributed by atoms with Crippen LogP contribution < -0.4 is 10.2 Å². The van der Waals surface area contributed by atoms with Gasteiger partial charge in [0.1, 0.15) is 12.4 Å². The van der Waals surface area contributed by atoms with Crippen molar-refractivity contribution in [2.45, 2.75) is 39.4 Å². The molecule has 1 N–H and O–H groups in total. The van der Waals surface area contributed by atoms with Crippen LogP contribution in [0, 0.1) is 0 Å². The van der Waals surface area contributed by atoms with Gasteiger partial charge in [-0.05, 0) is 38.5 Å². The second kappa shape index (κ2) is 11.8. The van der Waals surface area contributed by atoms with Crippen molar-refractivity contribution in [3.63, 3.8) is 0 Å². The molecular weight excluding hydrogens is 416 g/mol. The van der Waals surface area contributed by atoms with Crippen molar-refractivity contribution < 1.29 is 19.0 Å². The fourth-order valence-corrected chi connectivity index (χ4v) is 4.06. The predicted molar refractivity (Wildman–Crippen MR) is 122 cm³/mol. The molecule has 1 aliphatic rings. The Kier molecular flexibility index (Phi) is 8.81. The molecular formula is C22H30N4O4S. The fraction of sp³-hybridized carbons (Fsp3) is 0.500. The van der Waals surface area contributed by atoms with Gasteiger partial charge < -0.3 is 14.2 Å². The highest BCUT2D eigenvalue weighted by Crippen LogP contribution is 2.17. The molecule has 0 saturated carbocycles. The zero-order valence-electron chi connectivity index (χ0n) is 18.2. The van der Waals surface area contributed by atoms with Crippen molar-refractivity contribution in [3.8, 4) is 5.75 Å². The summed E-state index contributed by atoms with van der Waals surface area (Å²) in [5.41, 5.74) is 4.48. The maximum Gasteiger partial charge on any atom is 0.311 e. The number of hydrogen-bond acceptors (Lipinski definition) is 9. The lowest BCUT2D eigenvalue weighted by molar-refractivity contribution is -0.142. The maximum atomic E-state index is 11.5. The summed E-state index contributed by atoms with van der Waals surface area (Å²) >= 11 is 1.39. The Morgan fingerprint density at radius 2 is 2.19 bits per heavy atom. The molecule has 0 amide bonds. The number of aromatic nitrogens is 1. The monoisotopic (exact) mass is 446 g/mol. The second-order valence-corrected chi connectivity index (χ2v) is 8.29. The van der Waals surface area contributed by atoms with Crippen LogP contribution in [0.2, 0.25) is 0 Å². The zero-order chi connectivity index (χ0) is 22.1. The molecule has 0 spiro atoms. The van der Waals surface area contributed by atoms with E-state index in [1.807, 2.05) is 29.6 Å². The molecule has 2 atom stereocenters. The molecule has 8 nitrogen and oxygen atoms in total. The van der Waals surface area contributed by atoms with Crippen LogP contribution in [-0.4, -0.2) is 67.1 Å². The largest absolute Gasteiger partial charge is 0.492 e. The Labute approximate surface area is 187 Å². The molecule has 1 saturated heterocycles. The van der Waals surface area contributed by atoms with Gasteiger partial charge in [-0.1, -0.05) is 12.1 Å². The number of thiazole rings is 1. The number of rotatable bonds is 10. The fourth-order valence-electron chi connectivity index (χ4n) is 3.41. The minimum atomic E-state index is -0.280. The number of benzene rings is 1. The molecule has 0 aliphatic carbocycles. The van der Waals surface area contributed by atoms with Crippen molar-refractivity contribution in [2.75, 3.05) is 38.3 Å². The molecule has 1 aromatic heterocycles. The van der Waals surface area contributed by atoms with Crippen LogP contribution in [-0.2, 0) is 20.7 Å². The van der Waals surface area contributed by atoms with Crippen LogP contribution in [0.1, 0.15) is 32.0 Å². The van der Waals surface area contributed by atoms with Crippen molar-refractivity contribution in [2.24, 2.45) is 5.10 Å². The zero-order valence-corrected chi connectivity index (χ0v) is 19.1. The smallest absolute Gasteiger partial charge is 0.311 e. The number of anilines is 1. The number of ether oxygens (including phenoxy) is 3.